The van der Waals surface area contributed by atoms with E-state index in [1.54, 1.807) is 12.1 Å². The SMILES string of the molecule is CC(C)COCCNC(=O)c1cccc(C#CCN)c1. The maximum Gasteiger partial charge on any atom is 0.251 e. The summed E-state index contributed by atoms with van der Waals surface area (Å²) < 4.78 is 5.41. The van der Waals surface area contributed by atoms with Crippen molar-refractivity contribution in [3.05, 3.63) is 35.4 Å². The zero-order valence-electron chi connectivity index (χ0n) is 12.1. The maximum atomic E-state index is 11.9. The number of rotatable bonds is 6. The predicted molar refractivity (Wildman–Crippen MR) is 80.4 cm³/mol. The van der Waals surface area contributed by atoms with Gasteiger partial charge in [-0.05, 0) is 24.1 Å². The maximum absolute atomic E-state index is 11.9. The van der Waals surface area contributed by atoms with E-state index in [0.29, 0.717) is 37.8 Å². The van der Waals surface area contributed by atoms with Crippen molar-refractivity contribution in [3.63, 3.8) is 0 Å². The Morgan fingerprint density at radius 3 is 2.95 bits per heavy atom. The Bertz CT molecular complexity index is 487. The number of hydrogen-bond acceptors (Lipinski definition) is 3. The molecule has 1 amide bonds. The van der Waals surface area contributed by atoms with Crippen molar-refractivity contribution in [3.8, 4) is 11.8 Å². The quantitative estimate of drug-likeness (QED) is 0.609. The molecule has 1 aromatic rings. The van der Waals surface area contributed by atoms with Gasteiger partial charge >= 0.3 is 0 Å². The Kier molecular flexibility index (Phi) is 7.41. The van der Waals surface area contributed by atoms with Crippen LogP contribution in [-0.4, -0.2) is 32.2 Å². The van der Waals surface area contributed by atoms with Crippen LogP contribution < -0.4 is 11.1 Å². The molecule has 1 aromatic carbocycles. The molecule has 0 aliphatic carbocycles. The van der Waals surface area contributed by atoms with Crippen LogP contribution >= 0.6 is 0 Å². The molecule has 0 unspecified atom stereocenters. The summed E-state index contributed by atoms with van der Waals surface area (Å²) in [7, 11) is 0. The van der Waals surface area contributed by atoms with E-state index in [2.05, 4.69) is 31.0 Å². The fourth-order valence-corrected chi connectivity index (χ4v) is 1.55. The van der Waals surface area contributed by atoms with Crippen LogP contribution in [-0.2, 0) is 4.74 Å². The second kappa shape index (κ2) is 9.13. The van der Waals surface area contributed by atoms with E-state index in [0.717, 1.165) is 5.56 Å². The molecule has 0 atom stereocenters. The highest BCUT2D eigenvalue weighted by Gasteiger charge is 2.04. The van der Waals surface area contributed by atoms with Crippen molar-refractivity contribution < 1.29 is 9.53 Å². The Morgan fingerprint density at radius 2 is 2.25 bits per heavy atom. The minimum absolute atomic E-state index is 0.116. The largest absolute Gasteiger partial charge is 0.379 e. The average Bonchev–Trinajstić information content (AvgIpc) is 2.44. The van der Waals surface area contributed by atoms with Gasteiger partial charge < -0.3 is 15.8 Å². The average molecular weight is 274 g/mol. The highest BCUT2D eigenvalue weighted by Crippen LogP contribution is 2.04. The summed E-state index contributed by atoms with van der Waals surface area (Å²) in [4.78, 5) is 11.9. The Balaban J connectivity index is 2.43. The van der Waals surface area contributed by atoms with E-state index >= 15 is 0 Å². The lowest BCUT2D eigenvalue weighted by Crippen LogP contribution is -2.27. The lowest BCUT2D eigenvalue weighted by Gasteiger charge is -2.08. The third-order valence-electron chi connectivity index (χ3n) is 2.44. The van der Waals surface area contributed by atoms with E-state index < -0.39 is 0 Å². The van der Waals surface area contributed by atoms with Gasteiger partial charge in [-0.2, -0.15) is 0 Å². The van der Waals surface area contributed by atoms with E-state index in [4.69, 9.17) is 10.5 Å². The normalized spacial score (nSPS) is 10.0. The molecule has 3 N–H and O–H groups in total. The van der Waals surface area contributed by atoms with Crippen molar-refractivity contribution in [2.75, 3.05) is 26.3 Å². The molecule has 108 valence electrons. The molecule has 0 saturated carbocycles. The zero-order valence-corrected chi connectivity index (χ0v) is 12.1. The van der Waals surface area contributed by atoms with Crippen LogP contribution in [0.15, 0.2) is 24.3 Å². The Labute approximate surface area is 120 Å². The lowest BCUT2D eigenvalue weighted by molar-refractivity contribution is 0.0886. The number of carbonyl (C=O) groups is 1. The first kappa shape index (κ1) is 16.2. The summed E-state index contributed by atoms with van der Waals surface area (Å²) in [5.41, 5.74) is 6.71. The van der Waals surface area contributed by atoms with Crippen LogP contribution in [0.25, 0.3) is 0 Å². The van der Waals surface area contributed by atoms with Crippen LogP contribution in [0, 0.1) is 17.8 Å². The van der Waals surface area contributed by atoms with Crippen LogP contribution in [0.1, 0.15) is 29.8 Å². The van der Waals surface area contributed by atoms with E-state index in [1.807, 2.05) is 12.1 Å². The molecule has 0 aliphatic heterocycles. The molecule has 0 saturated heterocycles. The number of benzene rings is 1. The first-order chi connectivity index (χ1) is 9.63. The molecule has 0 radical (unpaired) electrons. The van der Waals surface area contributed by atoms with Gasteiger partial charge in [0.1, 0.15) is 0 Å². The molecule has 0 fully saturated rings. The number of amides is 1. The molecule has 4 nitrogen and oxygen atoms in total. The van der Waals surface area contributed by atoms with E-state index in [-0.39, 0.29) is 5.91 Å². The molecule has 4 heteroatoms. The molecule has 0 spiro atoms. The molecule has 0 aliphatic rings. The van der Waals surface area contributed by atoms with Crippen molar-refractivity contribution in [1.29, 1.82) is 0 Å². The summed E-state index contributed by atoms with van der Waals surface area (Å²) in [6.07, 6.45) is 0. The highest BCUT2D eigenvalue weighted by molar-refractivity contribution is 5.94. The smallest absolute Gasteiger partial charge is 0.251 e. The summed E-state index contributed by atoms with van der Waals surface area (Å²) in [5.74, 6) is 6.06. The molecular formula is C16H22N2O2. The van der Waals surface area contributed by atoms with Gasteiger partial charge in [-0.1, -0.05) is 31.8 Å². The Morgan fingerprint density at radius 1 is 1.45 bits per heavy atom. The third kappa shape index (κ3) is 6.37. The number of nitrogens with two attached hydrogens (primary N) is 1. The van der Waals surface area contributed by atoms with Gasteiger partial charge in [0.25, 0.3) is 5.91 Å². The van der Waals surface area contributed by atoms with Gasteiger partial charge in [-0.3, -0.25) is 4.79 Å². The first-order valence-electron chi connectivity index (χ1n) is 6.78. The first-order valence-corrected chi connectivity index (χ1v) is 6.78. The fraction of sp³-hybridized carbons (Fsp3) is 0.438. The van der Waals surface area contributed by atoms with Crippen molar-refractivity contribution in [1.82, 2.24) is 5.32 Å². The summed E-state index contributed by atoms with van der Waals surface area (Å²) >= 11 is 0. The van der Waals surface area contributed by atoms with Crippen molar-refractivity contribution in [2.45, 2.75) is 13.8 Å². The molecule has 20 heavy (non-hydrogen) atoms. The lowest BCUT2D eigenvalue weighted by atomic mass is 10.1. The minimum atomic E-state index is -0.116. The van der Waals surface area contributed by atoms with Crippen LogP contribution in [0.3, 0.4) is 0 Å². The number of nitrogens with one attached hydrogen (secondary N) is 1. The standard InChI is InChI=1S/C16H22N2O2/c1-13(2)12-20-10-9-18-16(19)15-7-3-5-14(11-15)6-4-8-17/h3,5,7,11,13H,8-10,12,17H2,1-2H3,(H,18,19). The number of carbonyl (C=O) groups excluding carboxylic acids is 1. The predicted octanol–water partition coefficient (Wildman–Crippen LogP) is 1.40. The van der Waals surface area contributed by atoms with Crippen LogP contribution in [0.4, 0.5) is 0 Å². The number of ether oxygens (including phenoxy) is 1. The second-order valence-electron chi connectivity index (χ2n) is 4.81. The van der Waals surface area contributed by atoms with Gasteiger partial charge in [0.2, 0.25) is 0 Å². The zero-order chi connectivity index (χ0) is 14.8. The van der Waals surface area contributed by atoms with E-state index in [1.165, 1.54) is 0 Å². The third-order valence-corrected chi connectivity index (χ3v) is 2.44. The van der Waals surface area contributed by atoms with Gasteiger partial charge in [0.15, 0.2) is 0 Å². The summed E-state index contributed by atoms with van der Waals surface area (Å²) in [6.45, 7) is 6.23. The Hall–Kier alpha value is -1.83. The summed E-state index contributed by atoms with van der Waals surface area (Å²) in [6, 6.07) is 7.18. The molecule has 0 aromatic heterocycles. The van der Waals surface area contributed by atoms with Gasteiger partial charge in [-0.25, -0.2) is 0 Å². The highest BCUT2D eigenvalue weighted by atomic mass is 16.5. The van der Waals surface area contributed by atoms with Gasteiger partial charge in [-0.15, -0.1) is 0 Å². The topological polar surface area (TPSA) is 64.3 Å². The second-order valence-corrected chi connectivity index (χ2v) is 4.81. The summed E-state index contributed by atoms with van der Waals surface area (Å²) in [5, 5.41) is 2.82. The van der Waals surface area contributed by atoms with Crippen LogP contribution in [0.5, 0.6) is 0 Å². The molecular weight excluding hydrogens is 252 g/mol. The van der Waals surface area contributed by atoms with Gasteiger partial charge in [0, 0.05) is 24.3 Å². The molecule has 0 heterocycles. The molecule has 0 bridgehead atoms. The van der Waals surface area contributed by atoms with E-state index in [9.17, 15) is 4.79 Å². The van der Waals surface area contributed by atoms with Crippen molar-refractivity contribution in [2.24, 2.45) is 11.7 Å². The molecule has 1 rings (SSSR count). The fourth-order valence-electron chi connectivity index (χ4n) is 1.55. The van der Waals surface area contributed by atoms with Gasteiger partial charge in [0.05, 0.1) is 13.2 Å². The minimum Gasteiger partial charge on any atom is -0.379 e. The number of hydrogen-bond donors (Lipinski definition) is 2. The van der Waals surface area contributed by atoms with Crippen LogP contribution in [0.2, 0.25) is 0 Å². The monoisotopic (exact) mass is 274 g/mol. The van der Waals surface area contributed by atoms with Crippen molar-refractivity contribution >= 4 is 5.91 Å².